The quantitative estimate of drug-likeness (QED) is 0.392. The van der Waals surface area contributed by atoms with Crippen molar-refractivity contribution in [3.8, 4) is 0 Å². The molecule has 0 aliphatic rings. The molecule has 0 aromatic heterocycles. The Balaban J connectivity index is 4.09. The number of allylic oxidation sites excluding steroid dienone is 3. The molecule has 0 aliphatic carbocycles. The van der Waals surface area contributed by atoms with Crippen LogP contribution < -0.4 is 0 Å². The highest BCUT2D eigenvalue weighted by Crippen LogP contribution is 2.13. The van der Waals surface area contributed by atoms with Crippen LogP contribution in [0.1, 0.15) is 59.3 Å². The third-order valence-corrected chi connectivity index (χ3v) is 2.16. The SMILES string of the molecule is CCC=C=CC=C(CCC)CCCC. The van der Waals surface area contributed by atoms with E-state index in [1.54, 1.807) is 5.57 Å². The Hall–Kier alpha value is -0.740. The van der Waals surface area contributed by atoms with E-state index in [0.717, 1.165) is 6.42 Å². The van der Waals surface area contributed by atoms with E-state index in [4.69, 9.17) is 0 Å². The first-order valence-corrected chi connectivity index (χ1v) is 5.94. The summed E-state index contributed by atoms with van der Waals surface area (Å²) in [6, 6.07) is 0. The van der Waals surface area contributed by atoms with E-state index in [0.29, 0.717) is 0 Å². The molecule has 0 unspecified atom stereocenters. The van der Waals surface area contributed by atoms with Crippen LogP contribution in [0, 0.1) is 0 Å². The van der Waals surface area contributed by atoms with Gasteiger partial charge in [-0.3, -0.25) is 0 Å². The fourth-order valence-corrected chi connectivity index (χ4v) is 1.37. The largest absolute Gasteiger partial charge is 0.125 e. The molecule has 0 heterocycles. The van der Waals surface area contributed by atoms with Crippen molar-refractivity contribution in [1.29, 1.82) is 0 Å². The normalized spacial score (nSPS) is 10.9. The van der Waals surface area contributed by atoms with Crippen LogP contribution in [-0.4, -0.2) is 0 Å². The summed E-state index contributed by atoms with van der Waals surface area (Å²) in [6.07, 6.45) is 13.8. The average molecular weight is 192 g/mol. The minimum Gasteiger partial charge on any atom is -0.125 e. The second kappa shape index (κ2) is 10.3. The number of hydrogen-bond donors (Lipinski definition) is 0. The maximum absolute atomic E-state index is 3.17. The summed E-state index contributed by atoms with van der Waals surface area (Å²) in [6.45, 7) is 6.62. The minimum absolute atomic E-state index is 1.07. The summed E-state index contributed by atoms with van der Waals surface area (Å²) in [5, 5.41) is 0. The molecule has 80 valence electrons. The van der Waals surface area contributed by atoms with Crippen LogP contribution in [-0.2, 0) is 0 Å². The standard InChI is InChI=1S/C14H24/c1-4-7-9-10-13-14(11-6-3)12-8-5-2/h7,10,13H,4-6,8,11-12H2,1-3H3. The highest BCUT2D eigenvalue weighted by atomic mass is 14.0. The molecule has 0 rings (SSSR count). The van der Waals surface area contributed by atoms with Crippen molar-refractivity contribution < 1.29 is 0 Å². The predicted octanol–water partition coefficient (Wildman–Crippen LogP) is 5.02. The van der Waals surface area contributed by atoms with E-state index in [-0.39, 0.29) is 0 Å². The monoisotopic (exact) mass is 192 g/mol. The lowest BCUT2D eigenvalue weighted by atomic mass is 10.0. The Bertz CT molecular complexity index is 202. The lowest BCUT2D eigenvalue weighted by Crippen LogP contribution is -1.82. The fraction of sp³-hybridized carbons (Fsp3) is 0.643. The Morgan fingerprint density at radius 2 is 1.86 bits per heavy atom. The molecule has 0 saturated heterocycles. The van der Waals surface area contributed by atoms with Gasteiger partial charge in [0.05, 0.1) is 0 Å². The Morgan fingerprint density at radius 3 is 2.43 bits per heavy atom. The Kier molecular flexibility index (Phi) is 9.79. The van der Waals surface area contributed by atoms with Crippen LogP contribution in [0.25, 0.3) is 0 Å². The zero-order valence-corrected chi connectivity index (χ0v) is 9.97. The maximum atomic E-state index is 3.17. The van der Waals surface area contributed by atoms with Crippen molar-refractivity contribution in [2.45, 2.75) is 59.3 Å². The third kappa shape index (κ3) is 7.89. The van der Waals surface area contributed by atoms with E-state index in [1.165, 1.54) is 32.1 Å². The Morgan fingerprint density at radius 1 is 1.07 bits per heavy atom. The van der Waals surface area contributed by atoms with Crippen LogP contribution in [0.2, 0.25) is 0 Å². The van der Waals surface area contributed by atoms with Gasteiger partial charge in [-0.2, -0.15) is 0 Å². The minimum atomic E-state index is 1.07. The third-order valence-electron chi connectivity index (χ3n) is 2.16. The van der Waals surface area contributed by atoms with Gasteiger partial charge < -0.3 is 0 Å². The number of unbranched alkanes of at least 4 members (excludes halogenated alkanes) is 1. The molecule has 0 N–H and O–H groups in total. The second-order valence-electron chi connectivity index (χ2n) is 3.62. The van der Waals surface area contributed by atoms with Gasteiger partial charge in [-0.05, 0) is 37.8 Å². The summed E-state index contributed by atoms with van der Waals surface area (Å²) in [5.74, 6) is 0. The predicted molar refractivity (Wildman–Crippen MR) is 65.5 cm³/mol. The summed E-state index contributed by atoms with van der Waals surface area (Å²) in [7, 11) is 0. The van der Waals surface area contributed by atoms with Crippen LogP contribution in [0.15, 0.2) is 29.5 Å². The lowest BCUT2D eigenvalue weighted by molar-refractivity contribution is 0.743. The second-order valence-corrected chi connectivity index (χ2v) is 3.62. The van der Waals surface area contributed by atoms with Crippen molar-refractivity contribution >= 4 is 0 Å². The Labute approximate surface area is 89.4 Å². The molecule has 0 amide bonds. The molecule has 0 radical (unpaired) electrons. The molecular weight excluding hydrogens is 168 g/mol. The smallest absolute Gasteiger partial charge is 0.0204 e. The van der Waals surface area contributed by atoms with Crippen molar-refractivity contribution in [1.82, 2.24) is 0 Å². The molecule has 0 aromatic carbocycles. The first-order chi connectivity index (χ1) is 6.85. The summed E-state index contributed by atoms with van der Waals surface area (Å²) in [5.41, 5.74) is 4.75. The van der Waals surface area contributed by atoms with Gasteiger partial charge >= 0.3 is 0 Å². The van der Waals surface area contributed by atoms with Gasteiger partial charge in [0.1, 0.15) is 0 Å². The first kappa shape index (κ1) is 13.3. The zero-order chi connectivity index (χ0) is 10.6. The average Bonchev–Trinajstić information content (AvgIpc) is 2.20. The highest BCUT2D eigenvalue weighted by molar-refractivity contribution is 5.12. The van der Waals surface area contributed by atoms with Crippen molar-refractivity contribution in [3.63, 3.8) is 0 Å². The number of rotatable bonds is 7. The van der Waals surface area contributed by atoms with E-state index in [1.807, 2.05) is 0 Å². The highest BCUT2D eigenvalue weighted by Gasteiger charge is 1.93. The molecule has 0 nitrogen and oxygen atoms in total. The van der Waals surface area contributed by atoms with E-state index in [2.05, 4.69) is 44.7 Å². The summed E-state index contributed by atoms with van der Waals surface area (Å²) < 4.78 is 0. The van der Waals surface area contributed by atoms with Gasteiger partial charge in [-0.1, -0.05) is 45.3 Å². The molecule has 0 spiro atoms. The molecule has 0 aliphatic heterocycles. The molecule has 0 bridgehead atoms. The maximum Gasteiger partial charge on any atom is -0.0204 e. The molecule has 0 saturated carbocycles. The fourth-order valence-electron chi connectivity index (χ4n) is 1.37. The molecule has 14 heavy (non-hydrogen) atoms. The molecule has 0 heteroatoms. The molecule has 0 aromatic rings. The summed E-state index contributed by atoms with van der Waals surface area (Å²) in [4.78, 5) is 0. The van der Waals surface area contributed by atoms with Crippen molar-refractivity contribution in [2.24, 2.45) is 0 Å². The zero-order valence-electron chi connectivity index (χ0n) is 9.97. The van der Waals surface area contributed by atoms with Crippen LogP contribution in [0.5, 0.6) is 0 Å². The van der Waals surface area contributed by atoms with Gasteiger partial charge in [0, 0.05) is 0 Å². The lowest BCUT2D eigenvalue weighted by Gasteiger charge is -2.02. The van der Waals surface area contributed by atoms with Gasteiger partial charge in [-0.25, -0.2) is 0 Å². The van der Waals surface area contributed by atoms with Crippen LogP contribution in [0.3, 0.4) is 0 Å². The van der Waals surface area contributed by atoms with Gasteiger partial charge in [-0.15, -0.1) is 5.73 Å². The van der Waals surface area contributed by atoms with Gasteiger partial charge in [0.15, 0.2) is 0 Å². The van der Waals surface area contributed by atoms with Crippen molar-refractivity contribution in [2.75, 3.05) is 0 Å². The van der Waals surface area contributed by atoms with E-state index in [9.17, 15) is 0 Å². The van der Waals surface area contributed by atoms with E-state index < -0.39 is 0 Å². The van der Waals surface area contributed by atoms with E-state index >= 15 is 0 Å². The van der Waals surface area contributed by atoms with Crippen LogP contribution in [0.4, 0.5) is 0 Å². The van der Waals surface area contributed by atoms with Gasteiger partial charge in [0.25, 0.3) is 0 Å². The van der Waals surface area contributed by atoms with Crippen molar-refractivity contribution in [3.05, 3.63) is 29.5 Å². The summed E-state index contributed by atoms with van der Waals surface area (Å²) >= 11 is 0. The first-order valence-electron chi connectivity index (χ1n) is 5.94. The number of hydrogen-bond acceptors (Lipinski definition) is 0. The topological polar surface area (TPSA) is 0 Å². The van der Waals surface area contributed by atoms with Gasteiger partial charge in [0.2, 0.25) is 0 Å². The molecule has 0 atom stereocenters. The van der Waals surface area contributed by atoms with Crippen LogP contribution >= 0.6 is 0 Å². The molecular formula is C14H24. The molecule has 0 fully saturated rings.